The molecule has 1 aliphatic heterocycles. The number of amides is 1. The van der Waals surface area contributed by atoms with E-state index >= 15 is 0 Å². The number of likely N-dealkylation sites (tertiary alicyclic amines) is 1. The van der Waals surface area contributed by atoms with Crippen LogP contribution in [0, 0.1) is 6.92 Å². The van der Waals surface area contributed by atoms with Crippen LogP contribution in [0.15, 0.2) is 4.52 Å². The molecule has 0 N–H and O–H groups in total. The topological polar surface area (TPSA) is 77.7 Å². The predicted octanol–water partition coefficient (Wildman–Crippen LogP) is 3.07. The Bertz CT molecular complexity index is 528. The molecule has 1 fully saturated rings. The molecule has 0 saturated carbocycles. The SMILES string of the molecule is CCC1(OCc2noc(C)n2)CCN(C(=O)OC(C)(C)C)CC1. The number of aryl methyl sites for hydroxylation is 1. The van der Waals surface area contributed by atoms with Crippen LogP contribution in [0.3, 0.4) is 0 Å². The maximum atomic E-state index is 12.1. The second kappa shape index (κ2) is 6.86. The second-order valence-electron chi connectivity index (χ2n) is 7.02. The molecule has 0 spiro atoms. The van der Waals surface area contributed by atoms with Crippen molar-refractivity contribution in [2.75, 3.05) is 13.1 Å². The third-order valence-electron chi connectivity index (χ3n) is 4.05. The third-order valence-corrected chi connectivity index (χ3v) is 4.05. The van der Waals surface area contributed by atoms with Crippen LogP contribution in [0.25, 0.3) is 0 Å². The lowest BCUT2D eigenvalue weighted by molar-refractivity contribution is -0.0976. The Hall–Kier alpha value is -1.63. The minimum atomic E-state index is -0.469. The highest BCUT2D eigenvalue weighted by Gasteiger charge is 2.37. The van der Waals surface area contributed by atoms with Crippen LogP contribution in [0.2, 0.25) is 0 Å². The largest absolute Gasteiger partial charge is 0.444 e. The lowest BCUT2D eigenvalue weighted by Crippen LogP contribution is -2.49. The van der Waals surface area contributed by atoms with Gasteiger partial charge in [-0.15, -0.1) is 0 Å². The summed E-state index contributed by atoms with van der Waals surface area (Å²) in [6, 6.07) is 0. The summed E-state index contributed by atoms with van der Waals surface area (Å²) in [4.78, 5) is 18.0. The Morgan fingerprint density at radius 2 is 2.00 bits per heavy atom. The van der Waals surface area contributed by atoms with E-state index in [2.05, 4.69) is 17.1 Å². The highest BCUT2D eigenvalue weighted by atomic mass is 16.6. The van der Waals surface area contributed by atoms with E-state index in [1.165, 1.54) is 0 Å². The van der Waals surface area contributed by atoms with Gasteiger partial charge in [0.1, 0.15) is 12.2 Å². The number of aromatic nitrogens is 2. The summed E-state index contributed by atoms with van der Waals surface area (Å²) in [5, 5.41) is 3.85. The van der Waals surface area contributed by atoms with Gasteiger partial charge in [-0.25, -0.2) is 4.79 Å². The number of hydrogen-bond acceptors (Lipinski definition) is 6. The Labute approximate surface area is 137 Å². The van der Waals surface area contributed by atoms with Crippen LogP contribution >= 0.6 is 0 Å². The van der Waals surface area contributed by atoms with Crippen LogP contribution in [-0.4, -0.2) is 45.4 Å². The van der Waals surface area contributed by atoms with E-state index in [9.17, 15) is 4.79 Å². The summed E-state index contributed by atoms with van der Waals surface area (Å²) in [5.74, 6) is 1.10. The van der Waals surface area contributed by atoms with E-state index in [1.54, 1.807) is 11.8 Å². The van der Waals surface area contributed by atoms with Crippen LogP contribution in [-0.2, 0) is 16.1 Å². The quantitative estimate of drug-likeness (QED) is 0.846. The maximum absolute atomic E-state index is 12.1. The Kier molecular flexibility index (Phi) is 5.29. The first-order chi connectivity index (χ1) is 10.7. The molecular formula is C16H27N3O4. The Morgan fingerprint density at radius 3 is 2.48 bits per heavy atom. The van der Waals surface area contributed by atoms with Gasteiger partial charge in [-0.1, -0.05) is 12.1 Å². The van der Waals surface area contributed by atoms with Crippen LogP contribution < -0.4 is 0 Å². The summed E-state index contributed by atoms with van der Waals surface area (Å²) < 4.78 is 16.5. The summed E-state index contributed by atoms with van der Waals surface area (Å²) in [7, 11) is 0. The van der Waals surface area contributed by atoms with E-state index in [1.807, 2.05) is 20.8 Å². The first-order valence-electron chi connectivity index (χ1n) is 8.14. The number of carbonyl (C=O) groups excluding carboxylic acids is 1. The monoisotopic (exact) mass is 325 g/mol. The van der Waals surface area contributed by atoms with Crippen molar-refractivity contribution < 1.29 is 18.8 Å². The van der Waals surface area contributed by atoms with Gasteiger partial charge in [0.25, 0.3) is 0 Å². The molecule has 0 aliphatic carbocycles. The molecule has 1 aromatic rings. The van der Waals surface area contributed by atoms with Crippen LogP contribution in [0.1, 0.15) is 58.7 Å². The molecular weight excluding hydrogens is 298 g/mol. The molecule has 1 aromatic heterocycles. The molecule has 0 aromatic carbocycles. The van der Waals surface area contributed by atoms with E-state index < -0.39 is 5.60 Å². The lowest BCUT2D eigenvalue weighted by atomic mass is 9.88. The van der Waals surface area contributed by atoms with Gasteiger partial charge in [0.15, 0.2) is 5.82 Å². The molecule has 130 valence electrons. The average molecular weight is 325 g/mol. The standard InChI is InChI=1S/C16H27N3O4/c1-6-16(21-11-13-17-12(2)23-18-13)7-9-19(10-8-16)14(20)22-15(3,4)5/h6-11H2,1-5H3. The van der Waals surface area contributed by atoms with Crippen molar-refractivity contribution in [3.63, 3.8) is 0 Å². The molecule has 7 nitrogen and oxygen atoms in total. The molecule has 2 heterocycles. The number of ether oxygens (including phenoxy) is 2. The van der Waals surface area contributed by atoms with Gasteiger partial charge in [0, 0.05) is 20.0 Å². The summed E-state index contributed by atoms with van der Waals surface area (Å²) in [6.45, 7) is 11.1. The number of hydrogen-bond donors (Lipinski definition) is 0. The van der Waals surface area contributed by atoms with E-state index in [-0.39, 0.29) is 11.7 Å². The zero-order valence-corrected chi connectivity index (χ0v) is 14.7. The minimum absolute atomic E-state index is 0.243. The van der Waals surface area contributed by atoms with Gasteiger partial charge < -0.3 is 18.9 Å². The zero-order valence-electron chi connectivity index (χ0n) is 14.7. The smallest absolute Gasteiger partial charge is 0.410 e. The van der Waals surface area contributed by atoms with Gasteiger partial charge in [-0.3, -0.25) is 0 Å². The summed E-state index contributed by atoms with van der Waals surface area (Å²) in [6.07, 6.45) is 2.18. The van der Waals surface area contributed by atoms with Crippen molar-refractivity contribution in [2.24, 2.45) is 0 Å². The van der Waals surface area contributed by atoms with Crippen molar-refractivity contribution in [2.45, 2.75) is 71.7 Å². The first-order valence-corrected chi connectivity index (χ1v) is 8.14. The first kappa shape index (κ1) is 17.7. The second-order valence-corrected chi connectivity index (χ2v) is 7.02. The highest BCUT2D eigenvalue weighted by Crippen LogP contribution is 2.31. The van der Waals surface area contributed by atoms with Crippen molar-refractivity contribution >= 4 is 6.09 Å². The molecule has 0 atom stereocenters. The van der Waals surface area contributed by atoms with E-state index in [0.29, 0.717) is 31.4 Å². The lowest BCUT2D eigenvalue weighted by Gasteiger charge is -2.41. The van der Waals surface area contributed by atoms with Crippen molar-refractivity contribution in [1.82, 2.24) is 15.0 Å². The van der Waals surface area contributed by atoms with Gasteiger partial charge in [0.2, 0.25) is 5.89 Å². The van der Waals surface area contributed by atoms with Gasteiger partial charge in [0.05, 0.1) is 5.60 Å². The van der Waals surface area contributed by atoms with Crippen LogP contribution in [0.4, 0.5) is 4.79 Å². The number of rotatable bonds is 4. The van der Waals surface area contributed by atoms with E-state index in [0.717, 1.165) is 19.3 Å². The molecule has 23 heavy (non-hydrogen) atoms. The average Bonchev–Trinajstić information content (AvgIpc) is 2.89. The van der Waals surface area contributed by atoms with Gasteiger partial charge >= 0.3 is 6.09 Å². The Balaban J connectivity index is 1.87. The fourth-order valence-electron chi connectivity index (χ4n) is 2.64. The van der Waals surface area contributed by atoms with E-state index in [4.69, 9.17) is 14.0 Å². The van der Waals surface area contributed by atoms with Crippen molar-refractivity contribution in [3.05, 3.63) is 11.7 Å². The summed E-state index contributed by atoms with van der Waals surface area (Å²) in [5.41, 5.74) is -0.712. The van der Waals surface area contributed by atoms with Gasteiger partial charge in [-0.05, 0) is 40.0 Å². The minimum Gasteiger partial charge on any atom is -0.444 e. The highest BCUT2D eigenvalue weighted by molar-refractivity contribution is 5.68. The predicted molar refractivity (Wildman–Crippen MR) is 83.9 cm³/mol. The number of carbonyl (C=O) groups is 1. The van der Waals surface area contributed by atoms with Crippen LogP contribution in [0.5, 0.6) is 0 Å². The Morgan fingerprint density at radius 1 is 1.35 bits per heavy atom. The molecule has 0 radical (unpaired) electrons. The fourth-order valence-corrected chi connectivity index (χ4v) is 2.64. The van der Waals surface area contributed by atoms with Gasteiger partial charge in [-0.2, -0.15) is 4.98 Å². The molecule has 0 unspecified atom stereocenters. The molecule has 1 saturated heterocycles. The zero-order chi connectivity index (χ0) is 17.1. The normalized spacial score (nSPS) is 18.0. The molecule has 1 aliphatic rings. The summed E-state index contributed by atoms with van der Waals surface area (Å²) >= 11 is 0. The fraction of sp³-hybridized carbons (Fsp3) is 0.812. The molecule has 1 amide bonds. The number of piperidine rings is 1. The maximum Gasteiger partial charge on any atom is 0.410 e. The van der Waals surface area contributed by atoms with Crippen molar-refractivity contribution in [1.29, 1.82) is 0 Å². The third kappa shape index (κ3) is 4.92. The molecule has 0 bridgehead atoms. The van der Waals surface area contributed by atoms with Crippen molar-refractivity contribution in [3.8, 4) is 0 Å². The number of nitrogens with zero attached hydrogens (tertiary/aromatic N) is 3. The molecule has 7 heteroatoms. The molecule has 2 rings (SSSR count).